The predicted molar refractivity (Wildman–Crippen MR) is 168 cm³/mol. The van der Waals surface area contributed by atoms with E-state index >= 15 is 0 Å². The average Bonchev–Trinajstić information content (AvgIpc) is 3.00. The lowest BCUT2D eigenvalue weighted by molar-refractivity contribution is -0.123. The lowest BCUT2D eigenvalue weighted by Gasteiger charge is -2.34. The molecular formula is C32H31Cl2N5O4. The molecule has 2 aromatic carbocycles. The van der Waals surface area contributed by atoms with Crippen LogP contribution in [0.5, 0.6) is 5.88 Å². The van der Waals surface area contributed by atoms with Crippen molar-refractivity contribution in [2.24, 2.45) is 7.05 Å². The van der Waals surface area contributed by atoms with E-state index in [0.717, 1.165) is 36.1 Å². The number of aromatic nitrogens is 3. The molecule has 1 atom stereocenters. The van der Waals surface area contributed by atoms with Gasteiger partial charge in [-0.05, 0) is 44.5 Å². The van der Waals surface area contributed by atoms with E-state index < -0.39 is 11.5 Å². The maximum atomic E-state index is 12.9. The summed E-state index contributed by atoms with van der Waals surface area (Å²) >= 11 is 13.7. The minimum atomic E-state index is -0.600. The van der Waals surface area contributed by atoms with Crippen LogP contribution in [-0.2, 0) is 18.4 Å². The van der Waals surface area contributed by atoms with Crippen LogP contribution in [0.25, 0.3) is 22.4 Å². The summed E-state index contributed by atoms with van der Waals surface area (Å²) in [5, 5.41) is 7.27. The Labute approximate surface area is 259 Å². The molecule has 5 rings (SSSR count). The lowest BCUT2D eigenvalue weighted by Crippen LogP contribution is -2.43. The zero-order valence-corrected chi connectivity index (χ0v) is 25.6. The Hall–Kier alpha value is -4.05. The smallest absolute Gasteiger partial charge is 0.279 e. The number of Topliss-reactive ketones (excluding diaryl/α,β-unsaturated/α-hetero) is 1. The maximum Gasteiger partial charge on any atom is 0.279 e. The van der Waals surface area contributed by atoms with E-state index in [-0.39, 0.29) is 22.4 Å². The number of hydrogen-bond acceptors (Lipinski definition) is 7. The molecule has 1 fully saturated rings. The first kappa shape index (κ1) is 30.4. The highest BCUT2D eigenvalue weighted by molar-refractivity contribution is 6.39. The molecule has 0 unspecified atom stereocenters. The van der Waals surface area contributed by atoms with E-state index in [1.54, 1.807) is 32.2 Å². The Morgan fingerprint density at radius 1 is 1.00 bits per heavy atom. The molecule has 1 aliphatic rings. The first-order valence-corrected chi connectivity index (χ1v) is 14.6. The van der Waals surface area contributed by atoms with Crippen molar-refractivity contribution in [3.8, 4) is 28.3 Å². The fourth-order valence-electron chi connectivity index (χ4n) is 5.42. The summed E-state index contributed by atoms with van der Waals surface area (Å²) in [5.74, 6) is 0.0464. The van der Waals surface area contributed by atoms with Gasteiger partial charge in [-0.1, -0.05) is 66.0 Å². The molecule has 0 bridgehead atoms. The van der Waals surface area contributed by atoms with Gasteiger partial charge in [-0.2, -0.15) is 5.10 Å². The van der Waals surface area contributed by atoms with Crippen LogP contribution in [0.2, 0.25) is 10.0 Å². The number of ketones is 1. The van der Waals surface area contributed by atoms with Gasteiger partial charge in [-0.25, -0.2) is 9.67 Å². The van der Waals surface area contributed by atoms with Crippen molar-refractivity contribution >= 4 is 40.6 Å². The van der Waals surface area contributed by atoms with Crippen LogP contribution < -0.4 is 15.6 Å². The van der Waals surface area contributed by atoms with Crippen molar-refractivity contribution in [3.05, 3.63) is 92.3 Å². The number of nitrogens with one attached hydrogen (secondary N) is 1. The number of likely N-dealkylation sites (tertiary alicyclic amines) is 1. The highest BCUT2D eigenvalue weighted by Crippen LogP contribution is 2.41. The van der Waals surface area contributed by atoms with Gasteiger partial charge in [0.2, 0.25) is 5.88 Å². The number of anilines is 1. The predicted octanol–water partition coefficient (Wildman–Crippen LogP) is 6.02. The molecule has 1 saturated heterocycles. The standard InChI is InChI=1S/C32H31Cl2N5O4/c1-19(40)27-12-4-5-17-39(27)18-20-13-14-25(37-31(20)43-3)23-10-6-8-21(28(23)33)22-9-7-11-26(29(22)34)36-30(41)24-15-16-35-38(2)32(24)42/h6-11,13-16,27H,4-5,12,17-18H2,1-3H3,(H,36,41)/t27-/m1/s1. The molecular weight excluding hydrogens is 589 g/mol. The number of carbonyl (C=O) groups excluding carboxylic acids is 2. The minimum absolute atomic E-state index is 0.0560. The first-order chi connectivity index (χ1) is 20.7. The number of amides is 1. The number of pyridine rings is 1. The molecule has 0 spiro atoms. The number of hydrogen-bond donors (Lipinski definition) is 1. The summed E-state index contributed by atoms with van der Waals surface area (Å²) in [4.78, 5) is 44.4. The van der Waals surface area contributed by atoms with Gasteiger partial charge in [-0.15, -0.1) is 0 Å². The molecule has 0 aliphatic carbocycles. The van der Waals surface area contributed by atoms with Crippen molar-refractivity contribution in [2.45, 2.75) is 38.8 Å². The van der Waals surface area contributed by atoms with E-state index in [2.05, 4.69) is 15.3 Å². The number of aryl methyl sites for hydroxylation is 1. The number of benzene rings is 2. The third-order valence-corrected chi connectivity index (χ3v) is 8.46. The van der Waals surface area contributed by atoms with Crippen LogP contribution in [0, 0.1) is 0 Å². The van der Waals surface area contributed by atoms with Gasteiger partial charge in [0.25, 0.3) is 11.5 Å². The number of carbonyl (C=O) groups is 2. The topological polar surface area (TPSA) is 106 Å². The van der Waals surface area contributed by atoms with Gasteiger partial charge in [0.15, 0.2) is 0 Å². The fourth-order valence-corrected chi connectivity index (χ4v) is 6.02. The van der Waals surface area contributed by atoms with Crippen LogP contribution in [0.15, 0.2) is 65.6 Å². The van der Waals surface area contributed by atoms with Crippen molar-refractivity contribution in [1.29, 1.82) is 0 Å². The van der Waals surface area contributed by atoms with Crippen LogP contribution >= 0.6 is 23.2 Å². The molecule has 0 radical (unpaired) electrons. The average molecular weight is 621 g/mol. The van der Waals surface area contributed by atoms with Gasteiger partial charge in [0.05, 0.1) is 34.6 Å². The van der Waals surface area contributed by atoms with Gasteiger partial charge in [0, 0.05) is 42.0 Å². The number of piperidine rings is 1. The second-order valence-corrected chi connectivity index (χ2v) is 11.2. The summed E-state index contributed by atoms with van der Waals surface area (Å²) in [6, 6.07) is 15.9. The lowest BCUT2D eigenvalue weighted by atomic mass is 9.98. The highest BCUT2D eigenvalue weighted by atomic mass is 35.5. The third-order valence-electron chi connectivity index (χ3n) is 7.65. The molecule has 0 saturated carbocycles. The largest absolute Gasteiger partial charge is 0.481 e. The highest BCUT2D eigenvalue weighted by Gasteiger charge is 2.27. The number of rotatable bonds is 8. The normalized spacial score (nSPS) is 15.2. The quantitative estimate of drug-likeness (QED) is 0.257. The molecule has 11 heteroatoms. The Morgan fingerprint density at radius 2 is 1.72 bits per heavy atom. The summed E-state index contributed by atoms with van der Waals surface area (Å²) < 4.78 is 6.76. The summed E-state index contributed by atoms with van der Waals surface area (Å²) in [7, 11) is 3.05. The van der Waals surface area contributed by atoms with Gasteiger partial charge >= 0.3 is 0 Å². The van der Waals surface area contributed by atoms with E-state index in [1.165, 1.54) is 19.3 Å². The Bertz CT molecular complexity index is 1760. The molecule has 1 amide bonds. The van der Waals surface area contributed by atoms with Crippen molar-refractivity contribution in [1.82, 2.24) is 19.7 Å². The maximum absolute atomic E-state index is 12.9. The zero-order valence-electron chi connectivity index (χ0n) is 24.1. The van der Waals surface area contributed by atoms with Crippen LogP contribution in [0.3, 0.4) is 0 Å². The number of halogens is 2. The SMILES string of the molecule is COc1nc(-c2cccc(-c3cccc(NC(=O)c4ccnn(C)c4=O)c3Cl)c2Cl)ccc1CN1CCCC[C@@H]1C(C)=O. The molecule has 9 nitrogen and oxygen atoms in total. The fraction of sp³-hybridized carbons (Fsp3) is 0.281. The molecule has 43 heavy (non-hydrogen) atoms. The van der Waals surface area contributed by atoms with Gasteiger partial charge in [-0.3, -0.25) is 19.3 Å². The van der Waals surface area contributed by atoms with Crippen LogP contribution in [0.1, 0.15) is 42.1 Å². The molecule has 4 aromatic rings. The molecule has 1 N–H and O–H groups in total. The number of ether oxygens (including phenoxy) is 1. The zero-order chi connectivity index (χ0) is 30.7. The van der Waals surface area contributed by atoms with E-state index in [4.69, 9.17) is 32.9 Å². The Balaban J connectivity index is 1.44. The molecule has 1 aliphatic heterocycles. The first-order valence-electron chi connectivity index (χ1n) is 13.9. The number of methoxy groups -OCH3 is 1. The van der Waals surface area contributed by atoms with E-state index in [1.807, 2.05) is 30.3 Å². The number of nitrogens with zero attached hydrogens (tertiary/aromatic N) is 4. The second-order valence-electron chi connectivity index (χ2n) is 10.4. The third kappa shape index (κ3) is 6.34. The summed E-state index contributed by atoms with van der Waals surface area (Å²) in [6.07, 6.45) is 4.34. The van der Waals surface area contributed by atoms with Crippen molar-refractivity contribution < 1.29 is 14.3 Å². The van der Waals surface area contributed by atoms with E-state index in [0.29, 0.717) is 45.5 Å². The van der Waals surface area contributed by atoms with Crippen molar-refractivity contribution in [3.63, 3.8) is 0 Å². The minimum Gasteiger partial charge on any atom is -0.481 e. The van der Waals surface area contributed by atoms with Gasteiger partial charge in [0.1, 0.15) is 11.3 Å². The second kappa shape index (κ2) is 13.1. The van der Waals surface area contributed by atoms with Crippen molar-refractivity contribution in [2.75, 3.05) is 19.0 Å². The Morgan fingerprint density at radius 3 is 2.47 bits per heavy atom. The monoisotopic (exact) mass is 619 g/mol. The van der Waals surface area contributed by atoms with Crippen LogP contribution in [-0.4, -0.2) is 51.1 Å². The molecule has 222 valence electrons. The summed E-state index contributed by atoms with van der Waals surface area (Å²) in [6.45, 7) is 3.06. The molecule has 3 heterocycles. The van der Waals surface area contributed by atoms with Gasteiger partial charge < -0.3 is 10.1 Å². The van der Waals surface area contributed by atoms with Crippen LogP contribution in [0.4, 0.5) is 5.69 Å². The molecule has 2 aromatic heterocycles. The Kier molecular flexibility index (Phi) is 9.25. The van der Waals surface area contributed by atoms with E-state index in [9.17, 15) is 14.4 Å². The summed E-state index contributed by atoms with van der Waals surface area (Å²) in [5.41, 5.74) is 3.17.